The van der Waals surface area contributed by atoms with Crippen molar-refractivity contribution in [2.45, 2.75) is 99.0 Å². The molecule has 0 amide bonds. The van der Waals surface area contributed by atoms with Crippen LogP contribution in [0.5, 0.6) is 0 Å². The second kappa shape index (κ2) is 20.6. The van der Waals surface area contributed by atoms with Gasteiger partial charge in [-0.2, -0.15) is 0 Å². The van der Waals surface area contributed by atoms with E-state index < -0.39 is 5.54 Å². The molecule has 4 nitrogen and oxygen atoms in total. The van der Waals surface area contributed by atoms with Crippen molar-refractivity contribution in [3.8, 4) is 0 Å². The van der Waals surface area contributed by atoms with Crippen LogP contribution in [0.3, 0.4) is 0 Å². The number of allylic oxidation sites excluding steroid dienone is 4. The molecule has 0 spiro atoms. The normalized spacial score (nSPS) is 13.4. The summed E-state index contributed by atoms with van der Waals surface area (Å²) in [4.78, 5) is 2.49. The second-order valence-corrected chi connectivity index (χ2v) is 13.6. The first-order chi connectivity index (χ1) is 22.9. The van der Waals surface area contributed by atoms with Crippen LogP contribution in [0, 0.1) is 5.92 Å². The lowest BCUT2D eigenvalue weighted by Crippen LogP contribution is -2.41. The van der Waals surface area contributed by atoms with Gasteiger partial charge in [0, 0.05) is 35.9 Å². The first kappa shape index (κ1) is 40.4. The number of nitrogens with one attached hydrogen (secondary N) is 2. The lowest BCUT2D eigenvalue weighted by Gasteiger charge is -2.34. The Morgan fingerprint density at radius 1 is 0.979 bits per heavy atom. The van der Waals surface area contributed by atoms with Crippen molar-refractivity contribution in [3.05, 3.63) is 121 Å². The number of ether oxygens (including phenoxy) is 1. The average molecular weight is 652 g/mol. The molecule has 48 heavy (non-hydrogen) atoms. The van der Waals surface area contributed by atoms with Crippen LogP contribution in [0.15, 0.2) is 104 Å². The van der Waals surface area contributed by atoms with Crippen molar-refractivity contribution in [2.75, 3.05) is 36.5 Å². The highest BCUT2D eigenvalue weighted by Gasteiger charge is 2.25. The number of hydrogen-bond donors (Lipinski definition) is 2. The Balaban J connectivity index is 2.37. The molecule has 0 aliphatic rings. The molecule has 2 aromatic carbocycles. The fourth-order valence-electron chi connectivity index (χ4n) is 5.97. The third kappa shape index (κ3) is 12.4. The summed E-state index contributed by atoms with van der Waals surface area (Å²) in [6.07, 6.45) is 13.6. The molecule has 0 bridgehead atoms. The van der Waals surface area contributed by atoms with Crippen LogP contribution in [-0.2, 0) is 4.74 Å². The molecule has 2 atom stereocenters. The second-order valence-electron chi connectivity index (χ2n) is 13.6. The molecule has 4 heteroatoms. The van der Waals surface area contributed by atoms with Gasteiger partial charge in [0.15, 0.2) is 0 Å². The Morgan fingerprint density at radius 3 is 2.27 bits per heavy atom. The van der Waals surface area contributed by atoms with Crippen LogP contribution < -0.4 is 15.5 Å². The van der Waals surface area contributed by atoms with E-state index in [1.165, 1.54) is 47.2 Å². The number of anilines is 2. The van der Waals surface area contributed by atoms with Crippen molar-refractivity contribution in [3.63, 3.8) is 0 Å². The Hall–Kier alpha value is -3.76. The Kier molecular flexibility index (Phi) is 17.3. The summed E-state index contributed by atoms with van der Waals surface area (Å²) < 4.78 is 6.10. The summed E-state index contributed by atoms with van der Waals surface area (Å²) >= 11 is 0. The van der Waals surface area contributed by atoms with Gasteiger partial charge in [0.1, 0.15) is 0 Å². The average Bonchev–Trinajstić information content (AvgIpc) is 3.07. The maximum absolute atomic E-state index is 6.10. The van der Waals surface area contributed by atoms with Crippen molar-refractivity contribution < 1.29 is 4.74 Å². The van der Waals surface area contributed by atoms with E-state index in [0.29, 0.717) is 25.0 Å². The van der Waals surface area contributed by atoms with Gasteiger partial charge in [-0.3, -0.25) is 0 Å². The first-order valence-corrected chi connectivity index (χ1v) is 18.0. The molecule has 0 aliphatic carbocycles. The van der Waals surface area contributed by atoms with Gasteiger partial charge < -0.3 is 20.3 Å². The Morgan fingerprint density at radius 2 is 1.67 bits per heavy atom. The van der Waals surface area contributed by atoms with Crippen molar-refractivity contribution in [2.24, 2.45) is 5.92 Å². The molecule has 2 N–H and O–H groups in total. The van der Waals surface area contributed by atoms with Crippen LogP contribution in [0.25, 0.3) is 11.3 Å². The molecular weight excluding hydrogens is 587 g/mol. The topological polar surface area (TPSA) is 36.5 Å². The highest BCUT2D eigenvalue weighted by molar-refractivity contribution is 5.70. The van der Waals surface area contributed by atoms with Gasteiger partial charge in [-0.1, -0.05) is 121 Å². The number of rotatable bonds is 23. The van der Waals surface area contributed by atoms with Crippen molar-refractivity contribution in [1.82, 2.24) is 5.32 Å². The van der Waals surface area contributed by atoms with E-state index in [9.17, 15) is 0 Å². The molecule has 2 rings (SSSR count). The van der Waals surface area contributed by atoms with Gasteiger partial charge in [0.05, 0.1) is 18.8 Å². The summed E-state index contributed by atoms with van der Waals surface area (Å²) in [7, 11) is 0. The van der Waals surface area contributed by atoms with E-state index in [1.54, 1.807) is 0 Å². The summed E-state index contributed by atoms with van der Waals surface area (Å²) in [5.74, 6) is 1.07. The summed E-state index contributed by atoms with van der Waals surface area (Å²) in [5, 5.41) is 7.20. The SMILES string of the molecule is C=C/C=C(\C)c1ccc(NC(=C)C(C)(C)NC(=C)c2ccc(C(C)C(CC)CCC)c(N(CCC=C)CCOC/C=C(\C)CC)c2)cc1. The summed E-state index contributed by atoms with van der Waals surface area (Å²) in [6, 6.07) is 15.3. The smallest absolute Gasteiger partial charge is 0.0711 e. The van der Waals surface area contributed by atoms with Crippen LogP contribution in [0.1, 0.15) is 110 Å². The Labute approximate surface area is 294 Å². The predicted molar refractivity (Wildman–Crippen MR) is 215 cm³/mol. The summed E-state index contributed by atoms with van der Waals surface area (Å²) in [6.45, 7) is 37.5. The van der Waals surface area contributed by atoms with E-state index in [0.717, 1.165) is 48.6 Å². The molecule has 2 unspecified atom stereocenters. The van der Waals surface area contributed by atoms with E-state index in [4.69, 9.17) is 4.74 Å². The van der Waals surface area contributed by atoms with E-state index in [2.05, 4.69) is 146 Å². The molecule has 2 aromatic rings. The van der Waals surface area contributed by atoms with Crippen LogP contribution in [-0.4, -0.2) is 31.8 Å². The van der Waals surface area contributed by atoms with E-state index in [-0.39, 0.29) is 0 Å². The molecule has 0 fully saturated rings. The van der Waals surface area contributed by atoms with E-state index >= 15 is 0 Å². The largest absolute Gasteiger partial charge is 0.376 e. The fourth-order valence-corrected chi connectivity index (χ4v) is 5.97. The molecular formula is C44H65N3O. The molecule has 0 aliphatic heterocycles. The quantitative estimate of drug-likeness (QED) is 0.0712. The molecule has 0 radical (unpaired) electrons. The maximum Gasteiger partial charge on any atom is 0.0711 e. The predicted octanol–water partition coefficient (Wildman–Crippen LogP) is 11.9. The van der Waals surface area contributed by atoms with Gasteiger partial charge in [-0.25, -0.2) is 0 Å². The fraction of sp³-hybridized carbons (Fsp3) is 0.455. The van der Waals surface area contributed by atoms with Crippen LogP contribution >= 0.6 is 0 Å². The minimum absolute atomic E-state index is 0.436. The van der Waals surface area contributed by atoms with Gasteiger partial charge in [0.25, 0.3) is 0 Å². The Bertz CT molecular complexity index is 1390. The summed E-state index contributed by atoms with van der Waals surface area (Å²) in [5.41, 5.74) is 9.70. The van der Waals surface area contributed by atoms with Crippen molar-refractivity contribution >= 4 is 22.6 Å². The van der Waals surface area contributed by atoms with Gasteiger partial charge in [-0.05, 0) is 92.8 Å². The minimum Gasteiger partial charge on any atom is -0.376 e. The third-order valence-electron chi connectivity index (χ3n) is 9.54. The molecule has 0 saturated carbocycles. The zero-order chi connectivity index (χ0) is 35.7. The third-order valence-corrected chi connectivity index (χ3v) is 9.54. The minimum atomic E-state index is -0.463. The maximum atomic E-state index is 6.10. The van der Waals surface area contributed by atoms with Gasteiger partial charge >= 0.3 is 0 Å². The zero-order valence-corrected chi connectivity index (χ0v) is 31.6. The molecule has 0 aromatic heterocycles. The first-order valence-electron chi connectivity index (χ1n) is 18.0. The highest BCUT2D eigenvalue weighted by atomic mass is 16.5. The van der Waals surface area contributed by atoms with Crippen LogP contribution in [0.2, 0.25) is 0 Å². The number of hydrogen-bond acceptors (Lipinski definition) is 4. The number of nitrogens with zero attached hydrogens (tertiary/aromatic N) is 1. The lowest BCUT2D eigenvalue weighted by molar-refractivity contribution is 0.168. The monoisotopic (exact) mass is 652 g/mol. The molecule has 0 saturated heterocycles. The molecule has 0 heterocycles. The zero-order valence-electron chi connectivity index (χ0n) is 31.6. The van der Waals surface area contributed by atoms with Gasteiger partial charge in [0.2, 0.25) is 0 Å². The van der Waals surface area contributed by atoms with E-state index in [1.807, 2.05) is 18.2 Å². The van der Waals surface area contributed by atoms with Gasteiger partial charge in [-0.15, -0.1) is 6.58 Å². The van der Waals surface area contributed by atoms with Crippen molar-refractivity contribution in [1.29, 1.82) is 0 Å². The van der Waals surface area contributed by atoms with Crippen LogP contribution in [0.4, 0.5) is 11.4 Å². The standard InChI is InChI=1S/C44H65N3O/c1-13-18-28-47(29-31-48-30-27-33(6)16-4)43-32-40(23-26-42(43)35(8)38(17-5)20-15-3)36(9)46-44(11,12)37(10)45-41-24-21-39(22-25-41)34(7)19-14-2/h13-14,19,21-27,32,35,38,45-46H,1-2,9-10,15-18,20,28-31H2,3-8,11-12H3/b33-27+,34-19+. The lowest BCUT2D eigenvalue weighted by atomic mass is 9.81. The highest BCUT2D eigenvalue weighted by Crippen LogP contribution is 2.38. The molecule has 262 valence electrons. The number of benzene rings is 2.